The van der Waals surface area contributed by atoms with Crippen LogP contribution in [-0.4, -0.2) is 27.1 Å². The lowest BCUT2D eigenvalue weighted by atomic mass is 9.93. The quantitative estimate of drug-likeness (QED) is 0.429. The standard InChI is InChI=1S/C25H28F3N3O/c1-15(2)21-10-17-11-23-18(14-29-31(23)24-6-4-5-7-32-24)12-22(17)30(21)20-9-16(3)8-19(13-20)25(26,27)28/h9-16,24H,4-8H2,1-3H3. The number of ether oxygens (including phenoxy) is 1. The first-order valence-corrected chi connectivity index (χ1v) is 11.4. The zero-order valence-corrected chi connectivity index (χ0v) is 18.6. The van der Waals surface area contributed by atoms with E-state index in [2.05, 4.69) is 31.1 Å². The molecule has 0 spiro atoms. The van der Waals surface area contributed by atoms with Gasteiger partial charge in [0, 0.05) is 34.3 Å². The molecule has 0 bridgehead atoms. The lowest BCUT2D eigenvalue weighted by Gasteiger charge is -2.24. The number of benzene rings is 1. The number of hydrogen-bond donors (Lipinski definition) is 0. The lowest BCUT2D eigenvalue weighted by molar-refractivity contribution is -0.0949. The second-order valence-electron chi connectivity index (χ2n) is 9.38. The van der Waals surface area contributed by atoms with Gasteiger partial charge in [-0.2, -0.15) is 18.3 Å². The van der Waals surface area contributed by atoms with Crippen LogP contribution in [0.25, 0.3) is 27.5 Å². The molecule has 0 N–H and O–H groups in total. The molecule has 7 heteroatoms. The van der Waals surface area contributed by atoms with Crippen LogP contribution >= 0.6 is 0 Å². The van der Waals surface area contributed by atoms with Gasteiger partial charge in [0.1, 0.15) is 0 Å². The van der Waals surface area contributed by atoms with Crippen LogP contribution in [0.5, 0.6) is 0 Å². The molecule has 0 saturated carbocycles. The number of allylic oxidation sites excluding steroid dienone is 4. The SMILES string of the molecule is CC1C=C(n2c(C(C)C)cc3cc4c(cnn4C4CCCCO4)cc32)C=C(C(F)(F)F)C1. The molecule has 3 heterocycles. The molecule has 32 heavy (non-hydrogen) atoms. The fourth-order valence-corrected chi connectivity index (χ4v) is 4.95. The molecule has 2 aromatic heterocycles. The summed E-state index contributed by atoms with van der Waals surface area (Å²) in [6, 6.07) is 6.24. The second-order valence-corrected chi connectivity index (χ2v) is 9.38. The van der Waals surface area contributed by atoms with Crippen molar-refractivity contribution in [2.75, 3.05) is 6.61 Å². The summed E-state index contributed by atoms with van der Waals surface area (Å²) < 4.78 is 50.6. The van der Waals surface area contributed by atoms with Crippen LogP contribution in [0.4, 0.5) is 13.2 Å². The number of hydrogen-bond acceptors (Lipinski definition) is 2. The van der Waals surface area contributed by atoms with Crippen LogP contribution in [0.3, 0.4) is 0 Å². The minimum atomic E-state index is -4.32. The van der Waals surface area contributed by atoms with Gasteiger partial charge >= 0.3 is 6.18 Å². The zero-order valence-electron chi connectivity index (χ0n) is 18.6. The van der Waals surface area contributed by atoms with Crippen LogP contribution in [0.2, 0.25) is 0 Å². The number of alkyl halides is 3. The van der Waals surface area contributed by atoms with Gasteiger partial charge < -0.3 is 9.30 Å². The maximum absolute atomic E-state index is 13.6. The first-order chi connectivity index (χ1) is 15.2. The first-order valence-electron chi connectivity index (χ1n) is 11.4. The van der Waals surface area contributed by atoms with E-state index in [9.17, 15) is 13.2 Å². The highest BCUT2D eigenvalue weighted by atomic mass is 19.4. The van der Waals surface area contributed by atoms with Crippen LogP contribution in [0.15, 0.2) is 42.1 Å². The minimum Gasteiger partial charge on any atom is -0.356 e. The Morgan fingerprint density at radius 2 is 1.88 bits per heavy atom. The van der Waals surface area contributed by atoms with Gasteiger partial charge in [0.25, 0.3) is 0 Å². The number of aromatic nitrogens is 3. The highest BCUT2D eigenvalue weighted by Crippen LogP contribution is 2.40. The molecule has 2 unspecified atom stereocenters. The van der Waals surface area contributed by atoms with Gasteiger partial charge in [-0.1, -0.05) is 26.8 Å². The molecule has 5 rings (SSSR count). The van der Waals surface area contributed by atoms with Crippen molar-refractivity contribution in [1.82, 2.24) is 14.3 Å². The number of halogens is 3. The predicted molar refractivity (Wildman–Crippen MR) is 120 cm³/mol. The zero-order chi connectivity index (χ0) is 22.6. The summed E-state index contributed by atoms with van der Waals surface area (Å²) in [4.78, 5) is 0. The molecule has 1 aromatic carbocycles. The Labute approximate surface area is 185 Å². The van der Waals surface area contributed by atoms with Crippen molar-refractivity contribution < 1.29 is 17.9 Å². The Morgan fingerprint density at radius 1 is 1.09 bits per heavy atom. The summed E-state index contributed by atoms with van der Waals surface area (Å²) in [5, 5.41) is 6.55. The number of fused-ring (bicyclic) bond motifs is 2. The van der Waals surface area contributed by atoms with Crippen molar-refractivity contribution in [2.24, 2.45) is 5.92 Å². The van der Waals surface area contributed by atoms with Gasteiger partial charge in [-0.15, -0.1) is 0 Å². The normalized spacial score (nSPS) is 22.6. The van der Waals surface area contributed by atoms with Crippen molar-refractivity contribution in [3.05, 3.63) is 47.8 Å². The summed E-state index contributed by atoms with van der Waals surface area (Å²) in [5.41, 5.74) is 3.02. The van der Waals surface area contributed by atoms with Crippen molar-refractivity contribution in [3.63, 3.8) is 0 Å². The van der Waals surface area contributed by atoms with Gasteiger partial charge in [-0.05, 0) is 61.8 Å². The van der Waals surface area contributed by atoms with E-state index in [4.69, 9.17) is 4.74 Å². The maximum atomic E-state index is 13.6. The van der Waals surface area contributed by atoms with Gasteiger partial charge in [0.2, 0.25) is 0 Å². The Hall–Kier alpha value is -2.54. The summed E-state index contributed by atoms with van der Waals surface area (Å²) in [6.07, 6.45) is 3.84. The fraction of sp³-hybridized carbons (Fsp3) is 0.480. The Morgan fingerprint density at radius 3 is 2.56 bits per heavy atom. The Kier molecular flexibility index (Phi) is 5.19. The summed E-state index contributed by atoms with van der Waals surface area (Å²) in [5.74, 6) is -0.0245. The highest BCUT2D eigenvalue weighted by molar-refractivity contribution is 5.98. The Bertz CT molecular complexity index is 1220. The molecule has 1 fully saturated rings. The van der Waals surface area contributed by atoms with E-state index in [0.717, 1.165) is 53.4 Å². The average molecular weight is 444 g/mol. The average Bonchev–Trinajstić information content (AvgIpc) is 3.32. The molecule has 170 valence electrons. The second kappa shape index (κ2) is 7.80. The number of rotatable bonds is 3. The van der Waals surface area contributed by atoms with Crippen LogP contribution in [0.1, 0.15) is 64.3 Å². The topological polar surface area (TPSA) is 32.0 Å². The van der Waals surface area contributed by atoms with Gasteiger partial charge in [-0.3, -0.25) is 0 Å². The molecule has 2 aliphatic rings. The monoisotopic (exact) mass is 443 g/mol. The largest absolute Gasteiger partial charge is 0.412 e. The molecule has 4 nitrogen and oxygen atoms in total. The third-order valence-electron chi connectivity index (χ3n) is 6.51. The highest BCUT2D eigenvalue weighted by Gasteiger charge is 2.36. The third kappa shape index (κ3) is 3.66. The third-order valence-corrected chi connectivity index (χ3v) is 6.51. The molecule has 3 aromatic rings. The van der Waals surface area contributed by atoms with E-state index < -0.39 is 11.7 Å². The van der Waals surface area contributed by atoms with Crippen LogP contribution < -0.4 is 0 Å². The van der Waals surface area contributed by atoms with Crippen molar-refractivity contribution in [3.8, 4) is 0 Å². The molecule has 1 aliphatic heterocycles. The summed E-state index contributed by atoms with van der Waals surface area (Å²) in [6.45, 7) is 6.72. The van der Waals surface area contributed by atoms with E-state index in [0.29, 0.717) is 5.70 Å². The van der Waals surface area contributed by atoms with Crippen molar-refractivity contribution >= 4 is 27.5 Å². The summed E-state index contributed by atoms with van der Waals surface area (Å²) in [7, 11) is 0. The van der Waals surface area contributed by atoms with E-state index in [-0.39, 0.29) is 24.5 Å². The summed E-state index contributed by atoms with van der Waals surface area (Å²) >= 11 is 0. The van der Waals surface area contributed by atoms with Gasteiger partial charge in [0.15, 0.2) is 6.23 Å². The van der Waals surface area contributed by atoms with Crippen LogP contribution in [0, 0.1) is 5.92 Å². The molecular formula is C25H28F3N3O. The molecular weight excluding hydrogens is 415 g/mol. The molecule has 2 atom stereocenters. The van der Waals surface area contributed by atoms with E-state index in [1.165, 1.54) is 6.08 Å². The lowest BCUT2D eigenvalue weighted by Crippen LogP contribution is -2.19. The molecule has 1 saturated heterocycles. The predicted octanol–water partition coefficient (Wildman–Crippen LogP) is 7.18. The Balaban J connectivity index is 1.69. The fourth-order valence-electron chi connectivity index (χ4n) is 4.95. The smallest absolute Gasteiger partial charge is 0.356 e. The minimum absolute atomic E-state index is 0.0155. The first kappa shape index (κ1) is 21.3. The number of nitrogens with zero attached hydrogens (tertiary/aromatic N) is 3. The van der Waals surface area contributed by atoms with E-state index in [1.807, 2.05) is 34.5 Å². The van der Waals surface area contributed by atoms with Crippen LogP contribution in [-0.2, 0) is 4.74 Å². The van der Waals surface area contributed by atoms with Gasteiger partial charge in [-0.25, -0.2) is 4.68 Å². The molecule has 0 radical (unpaired) electrons. The van der Waals surface area contributed by atoms with Gasteiger partial charge in [0.05, 0.1) is 17.2 Å². The van der Waals surface area contributed by atoms with Crippen molar-refractivity contribution in [1.29, 1.82) is 0 Å². The molecule has 0 amide bonds. The van der Waals surface area contributed by atoms with E-state index in [1.54, 1.807) is 0 Å². The van der Waals surface area contributed by atoms with E-state index >= 15 is 0 Å². The molecule has 1 aliphatic carbocycles. The van der Waals surface area contributed by atoms with Crippen molar-refractivity contribution in [2.45, 2.75) is 64.8 Å². The maximum Gasteiger partial charge on any atom is 0.412 e.